The maximum Gasteiger partial charge on any atom is 0.430 e. The molecule has 0 bridgehead atoms. The third-order valence-electron chi connectivity index (χ3n) is 3.46. The van der Waals surface area contributed by atoms with Crippen molar-refractivity contribution in [1.29, 1.82) is 0 Å². The summed E-state index contributed by atoms with van der Waals surface area (Å²) in [7, 11) is 3.65. The third kappa shape index (κ3) is 2.03. The van der Waals surface area contributed by atoms with Gasteiger partial charge in [0.2, 0.25) is 0 Å². The minimum absolute atomic E-state index is 0.655. The molecule has 0 unspecified atom stereocenters. The molecule has 0 amide bonds. The molecular formula is C10H23NO2Si. The highest BCUT2D eigenvalue weighted by Crippen LogP contribution is 2.40. The standard InChI is InChI=1S/C10H23NO2Si/c1-5-11(2)14(12-3,13-4)10-8-6-7-9-10/h10H,5-9H2,1-4H3. The minimum Gasteiger partial charge on any atom is -0.386 e. The molecule has 14 heavy (non-hydrogen) atoms. The van der Waals surface area contributed by atoms with Crippen LogP contribution in [0.15, 0.2) is 0 Å². The van der Waals surface area contributed by atoms with E-state index in [9.17, 15) is 0 Å². The van der Waals surface area contributed by atoms with Crippen LogP contribution in [0.25, 0.3) is 0 Å². The Kier molecular flexibility index (Phi) is 4.57. The number of nitrogens with zero attached hydrogens (tertiary/aromatic N) is 1. The summed E-state index contributed by atoms with van der Waals surface area (Å²) in [6.07, 6.45) is 5.23. The third-order valence-corrected chi connectivity index (χ3v) is 7.62. The predicted octanol–water partition coefficient (Wildman–Crippen LogP) is 2.11. The SMILES string of the molecule is CCN(C)[Si](OC)(OC)C1CCCC1. The van der Waals surface area contributed by atoms with E-state index < -0.39 is 8.72 Å². The van der Waals surface area contributed by atoms with Crippen LogP contribution in [0, 0.1) is 0 Å². The second kappa shape index (κ2) is 5.26. The van der Waals surface area contributed by atoms with Gasteiger partial charge in [0.25, 0.3) is 0 Å². The summed E-state index contributed by atoms with van der Waals surface area (Å²) in [6, 6.07) is 0. The van der Waals surface area contributed by atoms with Gasteiger partial charge in [-0.2, -0.15) is 0 Å². The largest absolute Gasteiger partial charge is 0.430 e. The van der Waals surface area contributed by atoms with Gasteiger partial charge in [-0.05, 0) is 26.4 Å². The molecule has 1 aliphatic rings. The minimum atomic E-state index is -2.08. The molecule has 4 heteroatoms. The zero-order valence-electron chi connectivity index (χ0n) is 9.88. The Morgan fingerprint density at radius 3 is 2.07 bits per heavy atom. The summed E-state index contributed by atoms with van der Waals surface area (Å²) in [4.78, 5) is 0. The highest BCUT2D eigenvalue weighted by molar-refractivity contribution is 6.66. The molecule has 1 aliphatic carbocycles. The molecule has 0 atom stereocenters. The van der Waals surface area contributed by atoms with E-state index in [2.05, 4.69) is 18.5 Å². The lowest BCUT2D eigenvalue weighted by Crippen LogP contribution is -2.58. The van der Waals surface area contributed by atoms with E-state index in [0.29, 0.717) is 5.54 Å². The van der Waals surface area contributed by atoms with Crippen molar-refractivity contribution in [3.8, 4) is 0 Å². The van der Waals surface area contributed by atoms with Crippen LogP contribution < -0.4 is 0 Å². The highest BCUT2D eigenvalue weighted by atomic mass is 28.4. The fourth-order valence-corrected chi connectivity index (χ4v) is 6.21. The quantitative estimate of drug-likeness (QED) is 0.658. The average Bonchev–Trinajstić information content (AvgIpc) is 2.74. The lowest BCUT2D eigenvalue weighted by Gasteiger charge is -2.39. The molecule has 3 nitrogen and oxygen atoms in total. The fourth-order valence-electron chi connectivity index (χ4n) is 2.55. The molecule has 0 N–H and O–H groups in total. The first-order valence-electron chi connectivity index (χ1n) is 5.52. The van der Waals surface area contributed by atoms with Gasteiger partial charge in [0.05, 0.1) is 0 Å². The molecule has 0 aliphatic heterocycles. The number of rotatable bonds is 5. The smallest absolute Gasteiger partial charge is 0.386 e. The van der Waals surface area contributed by atoms with Crippen molar-refractivity contribution in [2.24, 2.45) is 0 Å². The van der Waals surface area contributed by atoms with Gasteiger partial charge in [-0.15, -0.1) is 0 Å². The van der Waals surface area contributed by atoms with E-state index in [1.165, 1.54) is 25.7 Å². The topological polar surface area (TPSA) is 21.7 Å². The Labute approximate surface area is 88.7 Å². The highest BCUT2D eigenvalue weighted by Gasteiger charge is 2.49. The number of hydrogen-bond acceptors (Lipinski definition) is 3. The molecule has 1 fully saturated rings. The van der Waals surface area contributed by atoms with Gasteiger partial charge < -0.3 is 8.85 Å². The van der Waals surface area contributed by atoms with E-state index in [1.807, 2.05) is 0 Å². The summed E-state index contributed by atoms with van der Waals surface area (Å²) < 4.78 is 13.8. The van der Waals surface area contributed by atoms with Crippen LogP contribution >= 0.6 is 0 Å². The van der Waals surface area contributed by atoms with Gasteiger partial charge >= 0.3 is 8.72 Å². The Morgan fingerprint density at radius 2 is 1.71 bits per heavy atom. The molecule has 0 aromatic carbocycles. The Morgan fingerprint density at radius 1 is 1.21 bits per heavy atom. The van der Waals surface area contributed by atoms with E-state index in [0.717, 1.165) is 6.54 Å². The molecule has 1 saturated carbocycles. The van der Waals surface area contributed by atoms with Crippen molar-refractivity contribution >= 4 is 8.72 Å². The molecular weight excluding hydrogens is 194 g/mol. The van der Waals surface area contributed by atoms with E-state index in [1.54, 1.807) is 14.2 Å². The van der Waals surface area contributed by atoms with Gasteiger partial charge in [0.15, 0.2) is 0 Å². The Bertz CT molecular complexity index is 168. The van der Waals surface area contributed by atoms with Crippen LogP contribution in [0.1, 0.15) is 32.6 Å². The summed E-state index contributed by atoms with van der Waals surface area (Å²) in [5, 5.41) is 0. The monoisotopic (exact) mass is 217 g/mol. The molecule has 0 saturated heterocycles. The zero-order valence-corrected chi connectivity index (χ0v) is 10.9. The second-order valence-corrected chi connectivity index (χ2v) is 7.69. The first kappa shape index (κ1) is 12.2. The summed E-state index contributed by atoms with van der Waals surface area (Å²) in [5.74, 6) is 0. The van der Waals surface area contributed by atoms with Crippen molar-refractivity contribution in [1.82, 2.24) is 4.57 Å². The molecule has 0 radical (unpaired) electrons. The lowest BCUT2D eigenvalue weighted by atomic mass is 10.4. The Balaban J connectivity index is 2.77. The van der Waals surface area contributed by atoms with E-state index >= 15 is 0 Å². The fraction of sp³-hybridized carbons (Fsp3) is 1.00. The zero-order chi connectivity index (χ0) is 10.6. The van der Waals surface area contributed by atoms with Gasteiger partial charge in [-0.1, -0.05) is 19.8 Å². The van der Waals surface area contributed by atoms with E-state index in [-0.39, 0.29) is 0 Å². The molecule has 0 aromatic heterocycles. The molecule has 0 aromatic rings. The first-order valence-corrected chi connectivity index (χ1v) is 7.37. The van der Waals surface area contributed by atoms with Crippen LogP contribution in [-0.2, 0) is 8.85 Å². The summed E-state index contributed by atoms with van der Waals surface area (Å²) >= 11 is 0. The summed E-state index contributed by atoms with van der Waals surface area (Å²) in [6.45, 7) is 3.17. The maximum atomic E-state index is 5.77. The van der Waals surface area contributed by atoms with Gasteiger partial charge in [0.1, 0.15) is 0 Å². The van der Waals surface area contributed by atoms with Gasteiger partial charge in [0, 0.05) is 19.8 Å². The maximum absolute atomic E-state index is 5.77. The van der Waals surface area contributed by atoms with Gasteiger partial charge in [-0.25, -0.2) is 0 Å². The van der Waals surface area contributed by atoms with Crippen LogP contribution in [0.3, 0.4) is 0 Å². The summed E-state index contributed by atoms with van der Waals surface area (Å²) in [5.41, 5.74) is 0.655. The van der Waals surface area contributed by atoms with Crippen molar-refractivity contribution in [3.05, 3.63) is 0 Å². The lowest BCUT2D eigenvalue weighted by molar-refractivity contribution is 0.164. The predicted molar refractivity (Wildman–Crippen MR) is 60.3 cm³/mol. The molecule has 0 heterocycles. The van der Waals surface area contributed by atoms with Crippen LogP contribution in [0.2, 0.25) is 5.54 Å². The second-order valence-electron chi connectivity index (χ2n) is 4.03. The van der Waals surface area contributed by atoms with Crippen molar-refractivity contribution in [2.45, 2.75) is 38.1 Å². The van der Waals surface area contributed by atoms with E-state index in [4.69, 9.17) is 8.85 Å². The molecule has 0 spiro atoms. The molecule has 84 valence electrons. The first-order chi connectivity index (χ1) is 6.71. The Hall–Kier alpha value is 0.0969. The molecule has 1 rings (SSSR count). The average molecular weight is 217 g/mol. The van der Waals surface area contributed by atoms with Crippen LogP contribution in [0.4, 0.5) is 0 Å². The van der Waals surface area contributed by atoms with Crippen molar-refractivity contribution in [2.75, 3.05) is 27.8 Å². The number of hydrogen-bond donors (Lipinski definition) is 0. The van der Waals surface area contributed by atoms with Crippen LogP contribution in [-0.4, -0.2) is 41.1 Å². The van der Waals surface area contributed by atoms with Crippen LogP contribution in [0.5, 0.6) is 0 Å². The normalized spacial score (nSPS) is 19.5. The van der Waals surface area contributed by atoms with Gasteiger partial charge in [-0.3, -0.25) is 4.57 Å². The van der Waals surface area contributed by atoms with Crippen molar-refractivity contribution < 1.29 is 8.85 Å². The van der Waals surface area contributed by atoms with Crippen molar-refractivity contribution in [3.63, 3.8) is 0 Å².